The predicted octanol–water partition coefficient (Wildman–Crippen LogP) is 2.12. The Balaban J connectivity index is 3.71. The Morgan fingerprint density at radius 1 is 1.55 bits per heavy atom. The van der Waals surface area contributed by atoms with Crippen molar-refractivity contribution in [3.63, 3.8) is 0 Å². The van der Waals surface area contributed by atoms with Crippen LogP contribution in [0.3, 0.4) is 0 Å². The molecule has 0 atom stereocenters. The molecule has 0 rings (SSSR count). The van der Waals surface area contributed by atoms with E-state index >= 15 is 0 Å². The van der Waals surface area contributed by atoms with Crippen molar-refractivity contribution < 1.29 is 5.11 Å². The summed E-state index contributed by atoms with van der Waals surface area (Å²) in [5.41, 5.74) is -0.959. The van der Waals surface area contributed by atoms with Crippen LogP contribution in [0.4, 0.5) is 0 Å². The van der Waals surface area contributed by atoms with Gasteiger partial charge in [-0.2, -0.15) is 0 Å². The number of thioether (sulfide) groups is 1. The van der Waals surface area contributed by atoms with Crippen LogP contribution in [0.5, 0.6) is 0 Å². The third-order valence-electron chi connectivity index (χ3n) is 1.12. The van der Waals surface area contributed by atoms with Gasteiger partial charge in [-0.25, -0.2) is 0 Å². The lowest BCUT2D eigenvalue weighted by Gasteiger charge is -2.18. The summed E-state index contributed by atoms with van der Waals surface area (Å²) in [4.78, 5) is 0. The van der Waals surface area contributed by atoms with E-state index in [1.165, 1.54) is 11.8 Å². The second kappa shape index (κ2) is 4.12. The van der Waals surface area contributed by atoms with Crippen LogP contribution in [-0.4, -0.2) is 21.5 Å². The normalized spacial score (nSPS) is 12.2. The minimum Gasteiger partial charge on any atom is -0.384 e. The lowest BCUT2D eigenvalue weighted by atomic mass is 10.2. The van der Waals surface area contributed by atoms with E-state index in [1.54, 1.807) is 13.8 Å². The molecule has 0 aliphatic rings. The van der Waals surface area contributed by atoms with E-state index in [1.807, 2.05) is 0 Å². The third-order valence-corrected chi connectivity index (χ3v) is 2.74. The van der Waals surface area contributed by atoms with E-state index in [4.69, 9.17) is 5.41 Å². The van der Waals surface area contributed by atoms with Gasteiger partial charge in [-0.1, -0.05) is 13.8 Å². The summed E-state index contributed by atoms with van der Waals surface area (Å²) in [6.07, 6.45) is 0. The molecule has 0 bridgehead atoms. The maximum atomic E-state index is 9.35. The fourth-order valence-corrected chi connectivity index (χ4v) is 1.28. The first-order valence-electron chi connectivity index (χ1n) is 3.78. The molecule has 66 valence electrons. The second-order valence-corrected chi connectivity index (χ2v) is 4.62. The number of hydrogen-bond acceptors (Lipinski definition) is 3. The first-order valence-corrected chi connectivity index (χ1v) is 4.76. The predicted molar refractivity (Wildman–Crippen MR) is 51.3 cm³/mol. The molecule has 0 amide bonds. The lowest BCUT2D eigenvalue weighted by molar-refractivity contribution is 0.156. The molecule has 0 heterocycles. The van der Waals surface area contributed by atoms with Gasteiger partial charge in [0.1, 0.15) is 5.60 Å². The van der Waals surface area contributed by atoms with E-state index in [0.29, 0.717) is 11.0 Å². The summed E-state index contributed by atoms with van der Waals surface area (Å²) in [6, 6.07) is 0. The van der Waals surface area contributed by atoms with E-state index in [2.05, 4.69) is 13.8 Å². The quantitative estimate of drug-likeness (QED) is 0.510. The second-order valence-electron chi connectivity index (χ2n) is 3.59. The lowest BCUT2D eigenvalue weighted by Crippen LogP contribution is -2.28. The van der Waals surface area contributed by atoms with Crippen molar-refractivity contribution in [3.05, 3.63) is 0 Å². The van der Waals surface area contributed by atoms with Crippen molar-refractivity contribution in [2.45, 2.75) is 33.3 Å². The van der Waals surface area contributed by atoms with Crippen molar-refractivity contribution >= 4 is 16.8 Å². The summed E-state index contributed by atoms with van der Waals surface area (Å²) in [6.45, 7) is 7.49. The molecule has 11 heavy (non-hydrogen) atoms. The van der Waals surface area contributed by atoms with Crippen LogP contribution in [0.15, 0.2) is 0 Å². The highest BCUT2D eigenvalue weighted by molar-refractivity contribution is 8.14. The molecule has 0 fully saturated rings. The van der Waals surface area contributed by atoms with Crippen LogP contribution in [0.2, 0.25) is 0 Å². The van der Waals surface area contributed by atoms with Crippen molar-refractivity contribution in [2.75, 3.05) is 5.75 Å². The highest BCUT2D eigenvalue weighted by Gasteiger charge is 2.19. The molecular weight excluding hydrogens is 158 g/mol. The standard InChI is InChI=1S/C8H17NOS/c1-6(2)5-11-7(9)8(3,4)10/h6,9-10H,5H2,1-4H3. The highest BCUT2D eigenvalue weighted by Crippen LogP contribution is 2.17. The molecule has 0 spiro atoms. The SMILES string of the molecule is CC(C)CSC(=N)C(C)(C)O. The maximum Gasteiger partial charge on any atom is 0.106 e. The molecule has 0 radical (unpaired) electrons. The van der Waals surface area contributed by atoms with Crippen LogP contribution in [0.25, 0.3) is 0 Å². The smallest absolute Gasteiger partial charge is 0.106 e. The molecule has 0 aromatic heterocycles. The summed E-state index contributed by atoms with van der Waals surface area (Å²) in [7, 11) is 0. The van der Waals surface area contributed by atoms with Crippen LogP contribution < -0.4 is 0 Å². The Morgan fingerprint density at radius 2 is 2.00 bits per heavy atom. The average Bonchev–Trinajstić information content (AvgIpc) is 1.80. The first-order chi connectivity index (χ1) is 4.84. The summed E-state index contributed by atoms with van der Waals surface area (Å²) in [5, 5.41) is 17.2. The zero-order chi connectivity index (χ0) is 9.07. The Hall–Kier alpha value is -0.0200. The molecule has 0 aliphatic carbocycles. The van der Waals surface area contributed by atoms with Gasteiger partial charge in [0.25, 0.3) is 0 Å². The van der Waals surface area contributed by atoms with E-state index in [9.17, 15) is 5.11 Å². The van der Waals surface area contributed by atoms with Gasteiger partial charge >= 0.3 is 0 Å². The highest BCUT2D eigenvalue weighted by atomic mass is 32.2. The monoisotopic (exact) mass is 175 g/mol. The minimum atomic E-state index is -0.959. The van der Waals surface area contributed by atoms with Gasteiger partial charge in [-0.05, 0) is 19.8 Å². The van der Waals surface area contributed by atoms with E-state index < -0.39 is 5.60 Å². The maximum absolute atomic E-state index is 9.35. The summed E-state index contributed by atoms with van der Waals surface area (Å²) >= 11 is 1.42. The average molecular weight is 175 g/mol. The third kappa shape index (κ3) is 5.27. The van der Waals surface area contributed by atoms with E-state index in [-0.39, 0.29) is 0 Å². The summed E-state index contributed by atoms with van der Waals surface area (Å²) < 4.78 is 0. The van der Waals surface area contributed by atoms with Gasteiger partial charge in [0.2, 0.25) is 0 Å². The van der Waals surface area contributed by atoms with Crippen molar-refractivity contribution in [2.24, 2.45) is 5.92 Å². The van der Waals surface area contributed by atoms with Crippen LogP contribution >= 0.6 is 11.8 Å². The Morgan fingerprint density at radius 3 is 2.27 bits per heavy atom. The molecular formula is C8H17NOS. The van der Waals surface area contributed by atoms with Gasteiger partial charge in [-0.15, -0.1) is 11.8 Å². The molecule has 0 aromatic carbocycles. The van der Waals surface area contributed by atoms with Crippen LogP contribution in [-0.2, 0) is 0 Å². The topological polar surface area (TPSA) is 44.1 Å². The summed E-state index contributed by atoms with van der Waals surface area (Å²) in [5.74, 6) is 1.48. The van der Waals surface area contributed by atoms with Gasteiger partial charge in [0.05, 0.1) is 5.04 Å². The molecule has 0 unspecified atom stereocenters. The van der Waals surface area contributed by atoms with E-state index in [0.717, 1.165) is 5.75 Å². The van der Waals surface area contributed by atoms with Crippen LogP contribution in [0.1, 0.15) is 27.7 Å². The minimum absolute atomic E-state index is 0.353. The number of hydrogen-bond donors (Lipinski definition) is 2. The van der Waals surface area contributed by atoms with Crippen molar-refractivity contribution in [1.29, 1.82) is 5.41 Å². The molecule has 0 aromatic rings. The molecule has 2 N–H and O–H groups in total. The van der Waals surface area contributed by atoms with Crippen LogP contribution in [0, 0.1) is 11.3 Å². The van der Waals surface area contributed by atoms with Gasteiger partial charge < -0.3 is 5.11 Å². The Bertz CT molecular complexity index is 138. The van der Waals surface area contributed by atoms with Crippen molar-refractivity contribution in [1.82, 2.24) is 0 Å². The number of aliphatic hydroxyl groups is 1. The van der Waals surface area contributed by atoms with Gasteiger partial charge in [0, 0.05) is 5.75 Å². The van der Waals surface area contributed by atoms with Crippen molar-refractivity contribution in [3.8, 4) is 0 Å². The number of rotatable bonds is 3. The zero-order valence-electron chi connectivity index (χ0n) is 7.64. The molecule has 2 nitrogen and oxygen atoms in total. The zero-order valence-corrected chi connectivity index (χ0v) is 8.46. The molecule has 0 saturated heterocycles. The first kappa shape index (κ1) is 11.0. The fraction of sp³-hybridized carbons (Fsp3) is 0.875. The molecule has 3 heteroatoms. The van der Waals surface area contributed by atoms with Gasteiger partial charge in [-0.3, -0.25) is 5.41 Å². The fourth-order valence-electron chi connectivity index (χ4n) is 0.427. The molecule has 0 aliphatic heterocycles. The molecule has 0 saturated carbocycles. The Labute approximate surface area is 72.9 Å². The Kier molecular flexibility index (Phi) is 4.11. The largest absolute Gasteiger partial charge is 0.384 e. The van der Waals surface area contributed by atoms with Gasteiger partial charge in [0.15, 0.2) is 0 Å². The number of nitrogens with one attached hydrogen (secondary N) is 1.